The fourth-order valence-corrected chi connectivity index (χ4v) is 3.35. The van der Waals surface area contributed by atoms with E-state index in [4.69, 9.17) is 10.5 Å². The lowest BCUT2D eigenvalue weighted by molar-refractivity contribution is 0.0771. The van der Waals surface area contributed by atoms with Crippen LogP contribution in [-0.4, -0.2) is 19.8 Å². The third kappa shape index (κ3) is 1.96. The fourth-order valence-electron chi connectivity index (χ4n) is 3.35. The predicted molar refractivity (Wildman–Crippen MR) is 58.1 cm³/mol. The molecule has 0 aromatic carbocycles. The van der Waals surface area contributed by atoms with Crippen LogP contribution in [0.5, 0.6) is 0 Å². The van der Waals surface area contributed by atoms with E-state index in [1.165, 1.54) is 44.9 Å². The molecule has 2 heteroatoms. The van der Waals surface area contributed by atoms with Gasteiger partial charge in [-0.15, -0.1) is 0 Å². The van der Waals surface area contributed by atoms with E-state index in [2.05, 4.69) is 0 Å². The number of ether oxygens (including phenoxy) is 1. The summed E-state index contributed by atoms with van der Waals surface area (Å²) < 4.78 is 5.61. The second-order valence-corrected chi connectivity index (χ2v) is 5.04. The average molecular weight is 197 g/mol. The van der Waals surface area contributed by atoms with Crippen LogP contribution in [0.4, 0.5) is 0 Å². The molecule has 0 spiro atoms. The largest absolute Gasteiger partial charge is 0.381 e. The van der Waals surface area contributed by atoms with Crippen molar-refractivity contribution >= 4 is 0 Å². The van der Waals surface area contributed by atoms with Gasteiger partial charge in [-0.05, 0) is 43.6 Å². The fraction of sp³-hybridized carbons (Fsp3) is 1.00. The minimum absolute atomic E-state index is 0.467. The first-order valence-corrected chi connectivity index (χ1v) is 6.15. The standard InChI is InChI=1S/C12H23NO/c13-8-6-12(7-9-14-10-12)11-4-2-1-3-5-11/h11H,1-10,13H2. The Bertz CT molecular complexity index is 169. The lowest BCUT2D eigenvalue weighted by Gasteiger charge is -2.38. The van der Waals surface area contributed by atoms with Crippen LogP contribution >= 0.6 is 0 Å². The molecule has 2 aliphatic rings. The lowest BCUT2D eigenvalue weighted by atomic mass is 9.66. The van der Waals surface area contributed by atoms with E-state index in [-0.39, 0.29) is 0 Å². The van der Waals surface area contributed by atoms with E-state index in [1.807, 2.05) is 0 Å². The molecule has 0 bridgehead atoms. The van der Waals surface area contributed by atoms with Gasteiger partial charge in [0.05, 0.1) is 6.61 Å². The highest BCUT2D eigenvalue weighted by Crippen LogP contribution is 2.46. The van der Waals surface area contributed by atoms with Gasteiger partial charge in [-0.2, -0.15) is 0 Å². The van der Waals surface area contributed by atoms with Gasteiger partial charge in [0.15, 0.2) is 0 Å². The maximum absolute atomic E-state index is 5.74. The van der Waals surface area contributed by atoms with Crippen LogP contribution < -0.4 is 5.73 Å². The van der Waals surface area contributed by atoms with E-state index in [0.29, 0.717) is 5.41 Å². The molecule has 2 nitrogen and oxygen atoms in total. The van der Waals surface area contributed by atoms with E-state index < -0.39 is 0 Å². The molecule has 0 radical (unpaired) electrons. The summed E-state index contributed by atoms with van der Waals surface area (Å²) in [7, 11) is 0. The first kappa shape index (κ1) is 10.4. The summed E-state index contributed by atoms with van der Waals surface area (Å²) in [4.78, 5) is 0. The maximum atomic E-state index is 5.74. The van der Waals surface area contributed by atoms with Crippen molar-refractivity contribution in [2.45, 2.75) is 44.9 Å². The van der Waals surface area contributed by atoms with Gasteiger partial charge in [-0.1, -0.05) is 19.3 Å². The van der Waals surface area contributed by atoms with Crippen molar-refractivity contribution in [2.75, 3.05) is 19.8 Å². The molecule has 1 aliphatic heterocycles. The van der Waals surface area contributed by atoms with E-state index >= 15 is 0 Å². The van der Waals surface area contributed by atoms with Crippen LogP contribution in [0, 0.1) is 11.3 Å². The minimum Gasteiger partial charge on any atom is -0.381 e. The molecule has 1 unspecified atom stereocenters. The van der Waals surface area contributed by atoms with Crippen LogP contribution in [0.25, 0.3) is 0 Å². The first-order valence-electron chi connectivity index (χ1n) is 6.15. The summed E-state index contributed by atoms with van der Waals surface area (Å²) in [6, 6.07) is 0. The van der Waals surface area contributed by atoms with Gasteiger partial charge in [0.2, 0.25) is 0 Å². The SMILES string of the molecule is NCCC1(C2CCCCC2)CCOC1. The zero-order valence-corrected chi connectivity index (χ0v) is 9.13. The van der Waals surface area contributed by atoms with E-state index in [1.54, 1.807) is 0 Å². The van der Waals surface area contributed by atoms with Gasteiger partial charge in [0.1, 0.15) is 0 Å². The van der Waals surface area contributed by atoms with Crippen molar-refractivity contribution in [3.05, 3.63) is 0 Å². The molecule has 2 rings (SSSR count). The lowest BCUT2D eigenvalue weighted by Crippen LogP contribution is -2.34. The Morgan fingerprint density at radius 2 is 2.00 bits per heavy atom. The van der Waals surface area contributed by atoms with Gasteiger partial charge < -0.3 is 10.5 Å². The van der Waals surface area contributed by atoms with Crippen LogP contribution in [0.1, 0.15) is 44.9 Å². The van der Waals surface area contributed by atoms with Gasteiger partial charge in [0.25, 0.3) is 0 Å². The summed E-state index contributed by atoms with van der Waals surface area (Å²) in [6.45, 7) is 2.78. The summed E-state index contributed by atoms with van der Waals surface area (Å²) in [5.74, 6) is 0.905. The molecule has 1 heterocycles. The molecule has 14 heavy (non-hydrogen) atoms. The van der Waals surface area contributed by atoms with Crippen LogP contribution in [-0.2, 0) is 4.74 Å². The zero-order chi connectivity index (χ0) is 9.86. The summed E-state index contributed by atoms with van der Waals surface area (Å²) in [6.07, 6.45) is 9.57. The third-order valence-electron chi connectivity index (χ3n) is 4.25. The second-order valence-electron chi connectivity index (χ2n) is 5.04. The van der Waals surface area contributed by atoms with Crippen molar-refractivity contribution in [2.24, 2.45) is 17.1 Å². The number of rotatable bonds is 3. The second kappa shape index (κ2) is 4.63. The molecule has 82 valence electrons. The zero-order valence-electron chi connectivity index (χ0n) is 9.13. The molecule has 1 atom stereocenters. The molecule has 2 fully saturated rings. The third-order valence-corrected chi connectivity index (χ3v) is 4.25. The molecule has 0 aromatic rings. The van der Waals surface area contributed by atoms with E-state index in [9.17, 15) is 0 Å². The number of nitrogens with two attached hydrogens (primary N) is 1. The van der Waals surface area contributed by atoms with Crippen molar-refractivity contribution < 1.29 is 4.74 Å². The quantitative estimate of drug-likeness (QED) is 0.753. The normalized spacial score (nSPS) is 34.9. The predicted octanol–water partition coefficient (Wildman–Crippen LogP) is 2.32. The summed E-state index contributed by atoms with van der Waals surface area (Å²) in [5, 5.41) is 0. The highest BCUT2D eigenvalue weighted by molar-refractivity contribution is 4.91. The van der Waals surface area contributed by atoms with Crippen LogP contribution in [0.15, 0.2) is 0 Å². The molecular formula is C12H23NO. The molecule has 1 saturated carbocycles. The van der Waals surface area contributed by atoms with Gasteiger partial charge in [0, 0.05) is 6.61 Å². The van der Waals surface area contributed by atoms with Crippen molar-refractivity contribution in [3.63, 3.8) is 0 Å². The van der Waals surface area contributed by atoms with Crippen molar-refractivity contribution in [3.8, 4) is 0 Å². The van der Waals surface area contributed by atoms with Crippen molar-refractivity contribution in [1.82, 2.24) is 0 Å². The highest BCUT2D eigenvalue weighted by Gasteiger charge is 2.41. The van der Waals surface area contributed by atoms with Crippen molar-refractivity contribution in [1.29, 1.82) is 0 Å². The molecule has 2 N–H and O–H groups in total. The molecule has 0 aromatic heterocycles. The Labute approximate surface area is 87.2 Å². The Balaban J connectivity index is 2.00. The summed E-state index contributed by atoms with van der Waals surface area (Å²) >= 11 is 0. The van der Waals surface area contributed by atoms with Gasteiger partial charge >= 0.3 is 0 Å². The van der Waals surface area contributed by atoms with Gasteiger partial charge in [-0.3, -0.25) is 0 Å². The Morgan fingerprint density at radius 3 is 2.57 bits per heavy atom. The summed E-state index contributed by atoms with van der Waals surface area (Å²) in [5.41, 5.74) is 6.21. The molecular weight excluding hydrogens is 174 g/mol. The maximum Gasteiger partial charge on any atom is 0.0526 e. The Morgan fingerprint density at radius 1 is 1.21 bits per heavy atom. The number of hydrogen-bond donors (Lipinski definition) is 1. The van der Waals surface area contributed by atoms with Crippen LogP contribution in [0.2, 0.25) is 0 Å². The topological polar surface area (TPSA) is 35.2 Å². The average Bonchev–Trinajstić information content (AvgIpc) is 2.70. The smallest absolute Gasteiger partial charge is 0.0526 e. The van der Waals surface area contributed by atoms with Crippen LogP contribution in [0.3, 0.4) is 0 Å². The molecule has 0 amide bonds. The number of hydrogen-bond acceptors (Lipinski definition) is 2. The first-order chi connectivity index (χ1) is 6.87. The monoisotopic (exact) mass is 197 g/mol. The molecule has 1 saturated heterocycles. The molecule has 1 aliphatic carbocycles. The Hall–Kier alpha value is -0.0800. The Kier molecular flexibility index (Phi) is 3.45. The van der Waals surface area contributed by atoms with E-state index in [0.717, 1.165) is 25.7 Å². The minimum atomic E-state index is 0.467. The highest BCUT2D eigenvalue weighted by atomic mass is 16.5. The van der Waals surface area contributed by atoms with Gasteiger partial charge in [-0.25, -0.2) is 0 Å².